The lowest BCUT2D eigenvalue weighted by atomic mass is 10.00. The lowest BCUT2D eigenvalue weighted by Gasteiger charge is -2.04. The number of rotatable bonds is 4. The van der Waals surface area contributed by atoms with Gasteiger partial charge in [-0.05, 0) is 0 Å². The van der Waals surface area contributed by atoms with Crippen molar-refractivity contribution in [1.29, 1.82) is 0 Å². The van der Waals surface area contributed by atoms with Crippen LogP contribution in [0.4, 0.5) is 0 Å². The van der Waals surface area contributed by atoms with Crippen LogP contribution in [0.25, 0.3) is 0 Å². The number of carbonyl (C=O) groups is 2. The zero-order chi connectivity index (χ0) is 15.8. The molecular formula is C6N4O10. The Labute approximate surface area is 105 Å². The third kappa shape index (κ3) is 1.96. The first-order valence-corrected chi connectivity index (χ1v) is 4.26. The van der Waals surface area contributed by atoms with E-state index in [1.165, 1.54) is 0 Å². The van der Waals surface area contributed by atoms with E-state index in [1.54, 1.807) is 0 Å². The van der Waals surface area contributed by atoms with Gasteiger partial charge in [-0.2, -0.15) is 0 Å². The van der Waals surface area contributed by atoms with Gasteiger partial charge in [0.05, 0.1) is 19.7 Å². The number of hydrogen-bond donors (Lipinski definition) is 0. The highest BCUT2D eigenvalue weighted by Gasteiger charge is 2.60. The Hall–Kier alpha value is -3.58. The molecular weight excluding hydrogens is 288 g/mol. The second-order valence-corrected chi connectivity index (χ2v) is 3.08. The number of carbonyl (C=O) groups excluding carboxylic acids is 2. The van der Waals surface area contributed by atoms with Gasteiger partial charge in [0.1, 0.15) is 0 Å². The maximum atomic E-state index is 11.2. The second-order valence-electron chi connectivity index (χ2n) is 3.08. The molecule has 0 unspecified atom stereocenters. The van der Waals surface area contributed by atoms with Crippen molar-refractivity contribution >= 4 is 11.6 Å². The quantitative estimate of drug-likeness (QED) is 0.257. The average Bonchev–Trinajstić information content (AvgIpc) is 2.29. The molecule has 14 nitrogen and oxygen atoms in total. The summed E-state index contributed by atoms with van der Waals surface area (Å²) in [6.07, 6.45) is 0. The molecule has 0 aromatic carbocycles. The Morgan fingerprint density at radius 3 is 0.850 bits per heavy atom. The zero-order valence-corrected chi connectivity index (χ0v) is 8.87. The molecule has 104 valence electrons. The Bertz CT molecular complexity index is 611. The van der Waals surface area contributed by atoms with Crippen molar-refractivity contribution in [3.63, 3.8) is 0 Å². The van der Waals surface area contributed by atoms with Gasteiger partial charge in [0.2, 0.25) is 0 Å². The van der Waals surface area contributed by atoms with Gasteiger partial charge in [-0.25, -0.2) is 0 Å². The topological polar surface area (TPSA) is 207 Å². The highest BCUT2D eigenvalue weighted by molar-refractivity contribution is 6.48. The van der Waals surface area contributed by atoms with Crippen molar-refractivity contribution in [2.45, 2.75) is 0 Å². The summed E-state index contributed by atoms with van der Waals surface area (Å²) in [7, 11) is 0. The molecule has 0 heterocycles. The van der Waals surface area contributed by atoms with Crippen LogP contribution in [-0.2, 0) is 9.59 Å². The molecule has 1 aliphatic carbocycles. The van der Waals surface area contributed by atoms with E-state index >= 15 is 0 Å². The van der Waals surface area contributed by atoms with Gasteiger partial charge in [0.15, 0.2) is 0 Å². The summed E-state index contributed by atoms with van der Waals surface area (Å²) >= 11 is 0. The minimum absolute atomic E-state index is 1.68. The molecule has 0 spiro atoms. The fourth-order valence-electron chi connectivity index (χ4n) is 1.34. The molecule has 1 aliphatic rings. The van der Waals surface area contributed by atoms with Crippen LogP contribution in [0.1, 0.15) is 0 Å². The zero-order valence-electron chi connectivity index (χ0n) is 8.87. The van der Waals surface area contributed by atoms with E-state index in [9.17, 15) is 50.0 Å². The number of nitro groups is 4. The SMILES string of the molecule is O=C1C(=O)C([N+](=O)[O-])=C([N+](=O)[O-])C([N+](=O)[O-])=C1[N+](=O)[O-]. The van der Waals surface area contributed by atoms with Gasteiger partial charge >= 0.3 is 34.4 Å². The average molecular weight is 288 g/mol. The summed E-state index contributed by atoms with van der Waals surface area (Å²) in [5.74, 6) is -4.34. The minimum Gasteiger partial charge on any atom is -0.277 e. The Kier molecular flexibility index (Phi) is 3.33. The van der Waals surface area contributed by atoms with E-state index in [-0.39, 0.29) is 0 Å². The van der Waals surface area contributed by atoms with Crippen LogP contribution in [-0.4, -0.2) is 31.3 Å². The maximum Gasteiger partial charge on any atom is 0.434 e. The predicted molar refractivity (Wildman–Crippen MR) is 52.0 cm³/mol. The maximum absolute atomic E-state index is 11.2. The Balaban J connectivity index is 3.97. The molecule has 0 aromatic rings. The number of nitrogens with zero attached hydrogens (tertiary/aromatic N) is 4. The highest BCUT2D eigenvalue weighted by atomic mass is 16.7. The molecule has 0 aromatic heterocycles. The summed E-state index contributed by atoms with van der Waals surface area (Å²) in [6.45, 7) is 0. The number of allylic oxidation sites excluding steroid dienone is 2. The van der Waals surface area contributed by atoms with Crippen molar-refractivity contribution in [2.24, 2.45) is 0 Å². The van der Waals surface area contributed by atoms with E-state index in [0.717, 1.165) is 0 Å². The molecule has 0 fully saturated rings. The number of Topliss-reactive ketones (excluding diaryl/α,β-unsaturated/α-hetero) is 2. The molecule has 0 amide bonds. The van der Waals surface area contributed by atoms with Gasteiger partial charge in [0.25, 0.3) is 0 Å². The summed E-state index contributed by atoms with van der Waals surface area (Å²) in [5, 5.41) is 42.3. The molecule has 14 heteroatoms. The van der Waals surface area contributed by atoms with Crippen LogP contribution >= 0.6 is 0 Å². The summed E-state index contributed by atoms with van der Waals surface area (Å²) in [5.41, 5.74) is -7.98. The first-order chi connectivity index (χ1) is 9.11. The van der Waals surface area contributed by atoms with E-state index in [0.29, 0.717) is 0 Å². The van der Waals surface area contributed by atoms with Crippen molar-refractivity contribution in [3.8, 4) is 0 Å². The first kappa shape index (κ1) is 14.5. The summed E-state index contributed by atoms with van der Waals surface area (Å²) in [6, 6.07) is 0. The van der Waals surface area contributed by atoms with E-state index in [1.807, 2.05) is 0 Å². The van der Waals surface area contributed by atoms with Crippen LogP contribution in [0.3, 0.4) is 0 Å². The van der Waals surface area contributed by atoms with Crippen molar-refractivity contribution in [3.05, 3.63) is 63.2 Å². The smallest absolute Gasteiger partial charge is 0.277 e. The lowest BCUT2D eigenvalue weighted by Crippen LogP contribution is -2.36. The van der Waals surface area contributed by atoms with Gasteiger partial charge in [-0.3, -0.25) is 50.0 Å². The molecule has 0 atom stereocenters. The van der Waals surface area contributed by atoms with Gasteiger partial charge < -0.3 is 0 Å². The molecule has 0 radical (unpaired) electrons. The normalized spacial score (nSPS) is 15.4. The van der Waals surface area contributed by atoms with Crippen LogP contribution in [0.2, 0.25) is 0 Å². The highest BCUT2D eigenvalue weighted by Crippen LogP contribution is 2.28. The monoisotopic (exact) mass is 288 g/mol. The third-order valence-electron chi connectivity index (χ3n) is 2.04. The summed E-state index contributed by atoms with van der Waals surface area (Å²) in [4.78, 5) is 58.0. The summed E-state index contributed by atoms with van der Waals surface area (Å²) < 4.78 is 0. The lowest BCUT2D eigenvalue weighted by molar-refractivity contribution is -0.512. The molecule has 0 saturated carbocycles. The van der Waals surface area contributed by atoms with Gasteiger partial charge in [-0.15, -0.1) is 0 Å². The first-order valence-electron chi connectivity index (χ1n) is 4.26. The van der Waals surface area contributed by atoms with Crippen LogP contribution in [0.15, 0.2) is 22.8 Å². The standard InChI is InChI=1S/C6N4O10/c11-5-3(9(17)18)1(7(13)14)2(8(15)16)4(6(5)12)10(19)20. The van der Waals surface area contributed by atoms with Crippen LogP contribution < -0.4 is 0 Å². The molecule has 0 saturated heterocycles. The Morgan fingerprint density at radius 1 is 0.500 bits per heavy atom. The van der Waals surface area contributed by atoms with Crippen molar-refractivity contribution in [2.75, 3.05) is 0 Å². The van der Waals surface area contributed by atoms with E-state index in [4.69, 9.17) is 0 Å². The number of ketones is 2. The number of hydrogen-bond acceptors (Lipinski definition) is 10. The molecule has 0 bridgehead atoms. The molecule has 20 heavy (non-hydrogen) atoms. The fourth-order valence-corrected chi connectivity index (χ4v) is 1.34. The third-order valence-corrected chi connectivity index (χ3v) is 2.04. The molecule has 1 rings (SSSR count). The molecule has 0 N–H and O–H groups in total. The van der Waals surface area contributed by atoms with Crippen LogP contribution in [0, 0.1) is 40.5 Å². The van der Waals surface area contributed by atoms with Gasteiger partial charge in [-0.1, -0.05) is 0 Å². The molecule has 0 aliphatic heterocycles. The van der Waals surface area contributed by atoms with Gasteiger partial charge in [0, 0.05) is 0 Å². The predicted octanol–water partition coefficient (Wildman–Crippen LogP) is -1.33. The van der Waals surface area contributed by atoms with E-state index in [2.05, 4.69) is 0 Å². The Morgan fingerprint density at radius 2 is 0.700 bits per heavy atom. The largest absolute Gasteiger partial charge is 0.434 e. The second kappa shape index (κ2) is 4.59. The van der Waals surface area contributed by atoms with Crippen molar-refractivity contribution in [1.82, 2.24) is 0 Å². The minimum atomic E-state index is -2.17. The van der Waals surface area contributed by atoms with Crippen molar-refractivity contribution < 1.29 is 29.3 Å². The van der Waals surface area contributed by atoms with E-state index < -0.39 is 54.0 Å². The fraction of sp³-hybridized carbons (Fsp3) is 0. The van der Waals surface area contributed by atoms with Crippen LogP contribution in [0.5, 0.6) is 0 Å².